The van der Waals surface area contributed by atoms with Gasteiger partial charge in [0, 0.05) is 135 Å². The summed E-state index contributed by atoms with van der Waals surface area (Å²) >= 11 is 0. The highest BCUT2D eigenvalue weighted by Crippen LogP contribution is 2.47. The minimum absolute atomic E-state index is 0.177. The largest absolute Gasteiger partial charge is 0.507 e. The van der Waals surface area contributed by atoms with E-state index in [0.29, 0.717) is 81.8 Å². The van der Waals surface area contributed by atoms with E-state index in [-0.39, 0.29) is 65.0 Å². The monoisotopic (exact) mass is 1970 g/mol. The van der Waals surface area contributed by atoms with Crippen molar-refractivity contribution >= 4 is 46.8 Å². The van der Waals surface area contributed by atoms with Crippen LogP contribution in [-0.2, 0) is 101 Å². The molecule has 6 aliphatic heterocycles. The SMILES string of the molecule is C(CCCN1CCOCC1)CCN1CCOCC1.CC(C)(C)c1cc(CCC(=O)OCCCCCCOC(=O)CCc2cc(C(C)(C)C)c(O)c(C(C)(C)C)c2)cc(C(C)(C)C)c1O.CC1(C)CC(OC(=O)CC(C(=O)OC2CC(C)(C)N(O)C(C)(C)C2)C(CC(=O)OC2CC(C)(C)N(O)C(C)(C)C2)C(=O)OC2CC(C)(C)N(O)C(C)(C)C2)CC(C)(C)N1O.Cc1ccc(O)c(-n2nc3ccccc3n2)c1. The van der Waals surface area contributed by atoms with Gasteiger partial charge in [0.1, 0.15) is 58.4 Å². The molecule has 30 nitrogen and oxygen atoms in total. The van der Waals surface area contributed by atoms with Crippen LogP contribution in [0.5, 0.6) is 17.2 Å². The van der Waals surface area contributed by atoms with Gasteiger partial charge in [-0.05, 0) is 267 Å². The van der Waals surface area contributed by atoms with Gasteiger partial charge >= 0.3 is 35.8 Å². The highest BCUT2D eigenvalue weighted by atomic mass is 16.6. The third kappa shape index (κ3) is 34.6. The fourth-order valence-electron chi connectivity index (χ4n) is 21.1. The topological polar surface area (TPSA) is 368 Å². The maximum Gasteiger partial charge on any atom is 0.310 e. The van der Waals surface area contributed by atoms with Crippen molar-refractivity contribution in [3.8, 4) is 22.9 Å². The van der Waals surface area contributed by atoms with Crippen LogP contribution in [0.25, 0.3) is 16.7 Å². The Balaban J connectivity index is 0.000000260. The predicted octanol–water partition coefficient (Wildman–Crippen LogP) is 20.0. The van der Waals surface area contributed by atoms with Crippen LogP contribution in [0.2, 0.25) is 0 Å². The molecule has 0 spiro atoms. The smallest absolute Gasteiger partial charge is 0.310 e. The number of hydrogen-bond acceptors (Lipinski definition) is 29. The van der Waals surface area contributed by atoms with Crippen LogP contribution in [0, 0.1) is 18.8 Å². The number of phenols is 3. The number of hydrogen-bond donors (Lipinski definition) is 7. The molecule has 6 fully saturated rings. The van der Waals surface area contributed by atoms with Crippen molar-refractivity contribution < 1.29 is 103 Å². The zero-order valence-electron chi connectivity index (χ0n) is 91.2. The van der Waals surface area contributed by atoms with Crippen LogP contribution in [0.1, 0.15) is 361 Å². The van der Waals surface area contributed by atoms with Gasteiger partial charge < -0.3 is 74.0 Å². The van der Waals surface area contributed by atoms with Crippen molar-refractivity contribution in [2.24, 2.45) is 11.8 Å². The van der Waals surface area contributed by atoms with Gasteiger partial charge in [-0.1, -0.05) is 138 Å². The van der Waals surface area contributed by atoms with E-state index in [1.54, 1.807) is 6.07 Å². The Hall–Kier alpha value is -7.98. The van der Waals surface area contributed by atoms with Crippen molar-refractivity contribution in [1.82, 2.24) is 45.0 Å². The Morgan fingerprint density at radius 2 is 0.660 bits per heavy atom. The number of ether oxygens (including phenoxy) is 8. The Morgan fingerprint density at radius 1 is 0.383 bits per heavy atom. The summed E-state index contributed by atoms with van der Waals surface area (Å²) in [5.74, 6) is -5.99. The van der Waals surface area contributed by atoms with E-state index < -0.39 is 117 Å². The van der Waals surface area contributed by atoms with Gasteiger partial charge in [-0.15, -0.1) is 15.0 Å². The van der Waals surface area contributed by atoms with Crippen LogP contribution in [0.4, 0.5) is 0 Å². The van der Waals surface area contributed by atoms with Crippen molar-refractivity contribution in [2.45, 2.75) is 432 Å². The number of benzene rings is 4. The molecule has 141 heavy (non-hydrogen) atoms. The number of fused-ring (bicyclic) bond motifs is 1. The summed E-state index contributed by atoms with van der Waals surface area (Å²) in [4.78, 5) is 88.9. The number of esters is 6. The number of unbranched alkanes of at least 4 members (excludes halogenated alkanes) is 6. The third-order valence-electron chi connectivity index (χ3n) is 28.3. The minimum atomic E-state index is -1.54. The second-order valence-corrected chi connectivity index (χ2v) is 49.6. The summed E-state index contributed by atoms with van der Waals surface area (Å²) in [7, 11) is 0. The molecule has 11 rings (SSSR count). The molecule has 0 bridgehead atoms. The summed E-state index contributed by atoms with van der Waals surface area (Å²) in [5, 5.41) is 89.1. The maximum absolute atomic E-state index is 14.7. The van der Waals surface area contributed by atoms with Gasteiger partial charge in [-0.25, -0.2) is 0 Å². The first-order chi connectivity index (χ1) is 65.1. The van der Waals surface area contributed by atoms with E-state index in [1.165, 1.54) is 63.8 Å². The zero-order valence-corrected chi connectivity index (χ0v) is 91.2. The minimum Gasteiger partial charge on any atom is -0.507 e. The van der Waals surface area contributed by atoms with Crippen LogP contribution in [0.15, 0.2) is 66.7 Å². The van der Waals surface area contributed by atoms with Crippen molar-refractivity contribution in [3.63, 3.8) is 0 Å². The van der Waals surface area contributed by atoms with Crippen molar-refractivity contribution in [2.75, 3.05) is 78.9 Å². The number of phenolic OH excluding ortho intramolecular Hbond substituents is 3. The van der Waals surface area contributed by atoms with E-state index in [2.05, 4.69) is 103 Å². The number of rotatable bonds is 32. The molecule has 30 heteroatoms. The normalized spacial score (nSPS) is 20.5. The lowest BCUT2D eigenvalue weighted by atomic mass is 9.78. The summed E-state index contributed by atoms with van der Waals surface area (Å²) in [6, 6.07) is 21.0. The number of carbonyl (C=O) groups is 6. The summed E-state index contributed by atoms with van der Waals surface area (Å²) < 4.78 is 46.1. The molecule has 2 atom stereocenters. The molecule has 794 valence electrons. The van der Waals surface area contributed by atoms with Gasteiger partial charge in [-0.2, -0.15) is 20.3 Å². The zero-order chi connectivity index (χ0) is 105. The second kappa shape index (κ2) is 49.0. The fourth-order valence-corrected chi connectivity index (χ4v) is 21.1. The van der Waals surface area contributed by atoms with E-state index in [0.717, 1.165) is 128 Å². The Bertz CT molecular complexity index is 4500. The summed E-state index contributed by atoms with van der Waals surface area (Å²) in [5.41, 5.74) is 1.94. The number of nitrogens with zero attached hydrogens (tertiary/aromatic N) is 9. The van der Waals surface area contributed by atoms with E-state index in [4.69, 9.17) is 37.9 Å². The molecular formula is C111H179N9O21. The first-order valence-electron chi connectivity index (χ1n) is 51.7. The lowest BCUT2D eigenvalue weighted by molar-refractivity contribution is -0.262. The third-order valence-corrected chi connectivity index (χ3v) is 28.3. The number of aromatic hydroxyl groups is 3. The molecule has 4 aromatic carbocycles. The van der Waals surface area contributed by atoms with Gasteiger partial charge in [0.15, 0.2) is 0 Å². The first-order valence-corrected chi connectivity index (χ1v) is 51.7. The number of aryl methyl sites for hydroxylation is 3. The van der Waals surface area contributed by atoms with Gasteiger partial charge in [0.25, 0.3) is 0 Å². The van der Waals surface area contributed by atoms with Gasteiger partial charge in [-0.3, -0.25) is 38.6 Å². The molecule has 6 aliphatic rings. The highest BCUT2D eigenvalue weighted by molar-refractivity contribution is 5.89. The number of hydroxylamine groups is 8. The first kappa shape index (κ1) is 118. The molecule has 0 radical (unpaired) electrons. The molecule has 1 aromatic heterocycles. The molecule has 2 unspecified atom stereocenters. The van der Waals surface area contributed by atoms with Crippen LogP contribution < -0.4 is 0 Å². The Morgan fingerprint density at radius 3 is 0.943 bits per heavy atom. The van der Waals surface area contributed by atoms with Crippen molar-refractivity contribution in [3.05, 3.63) is 106 Å². The molecule has 7 heterocycles. The van der Waals surface area contributed by atoms with Crippen molar-refractivity contribution in [1.29, 1.82) is 0 Å². The average Bonchev–Trinajstić information content (AvgIpc) is 1.18. The molecule has 0 amide bonds. The molecule has 0 aliphatic carbocycles. The lowest BCUT2D eigenvalue weighted by Gasteiger charge is -2.51. The van der Waals surface area contributed by atoms with Crippen LogP contribution in [-0.4, -0.2) is 265 Å². The lowest BCUT2D eigenvalue weighted by Crippen LogP contribution is -2.61. The van der Waals surface area contributed by atoms with Crippen LogP contribution >= 0.6 is 0 Å². The fraction of sp³-hybridized carbons (Fsp3) is 0.730. The van der Waals surface area contributed by atoms with Gasteiger partial charge in [0.05, 0.1) is 64.3 Å². The average molecular weight is 1980 g/mol. The molecule has 0 saturated carbocycles. The maximum atomic E-state index is 14.7. The number of piperidine rings is 4. The number of carbonyl (C=O) groups excluding carboxylic acids is 6. The van der Waals surface area contributed by atoms with Gasteiger partial charge in [0.2, 0.25) is 0 Å². The molecular weight excluding hydrogens is 1800 g/mol. The predicted molar refractivity (Wildman–Crippen MR) is 546 cm³/mol. The summed E-state index contributed by atoms with van der Waals surface area (Å²) in [6.07, 6.45) is 8.75. The number of aromatic nitrogens is 3. The molecule has 7 N–H and O–H groups in total. The quantitative estimate of drug-likeness (QED) is 0.0119. The Labute approximate surface area is 842 Å². The standard InChI is InChI=1S/C44H78N4O12.C40H62O6.C14H28N2O2.C13H11N3O/c1-37(2)19-27(20-38(3,4)45(37)53)57-33(49)17-31(35(51)59-29-23-41(9,10)47(55)42(11,12)24-29)32(36(52)60-30-25-43(13,14)48(56)44(15,16)26-30)18-34(50)58-28-21-39(5,6)46(54)40(7,8)22-28;1-37(2,3)29-23-27(24-30(35(29)43)38(4,5)6)17-19-33(41)45-21-15-13-14-16-22-46-34(42)20-18-28-25-31(39(7,8)9)36(44)32(26-28)40(10,11)12;1(3-5-15-7-11-17-12-8-15)2-4-6-16-9-13-18-14-10-16;1-9-6-7-13(17)12(8-9)16-14-10-4-2-3-5-11(10)15-16/h27-32,53-56H,17-26H2,1-16H3;23-26,43-44H,13-22H2,1-12H3;1-14H2;2-8,17H,1H3. The Kier molecular flexibility index (Phi) is 41.1. The highest BCUT2D eigenvalue weighted by Gasteiger charge is 2.53. The van der Waals surface area contributed by atoms with E-state index >= 15 is 0 Å². The molecule has 5 aromatic rings. The second-order valence-electron chi connectivity index (χ2n) is 49.6. The number of morpholine rings is 2. The van der Waals surface area contributed by atoms with Crippen LogP contribution in [0.3, 0.4) is 0 Å². The van der Waals surface area contributed by atoms with E-state index in [1.807, 2.05) is 178 Å². The van der Waals surface area contributed by atoms with E-state index in [9.17, 15) is 64.9 Å². The molecule has 6 saturated heterocycles. The summed E-state index contributed by atoms with van der Waals surface area (Å²) in [6.45, 7) is 67.8.